The Hall–Kier alpha value is -2.96. The topological polar surface area (TPSA) is 69.6 Å². The van der Waals surface area contributed by atoms with Gasteiger partial charge in [0.1, 0.15) is 0 Å². The highest BCUT2D eigenvalue weighted by Crippen LogP contribution is 2.38. The largest absolute Gasteiger partial charge is 0.352 e. The molecule has 0 N–H and O–H groups in total. The lowest BCUT2D eigenvalue weighted by Crippen LogP contribution is -2.51. The van der Waals surface area contributed by atoms with Crippen LogP contribution in [0.5, 0.6) is 0 Å². The maximum absolute atomic E-state index is 13.1. The van der Waals surface area contributed by atoms with Crippen molar-refractivity contribution in [3.05, 3.63) is 47.2 Å². The van der Waals surface area contributed by atoms with Crippen LogP contribution in [0, 0.1) is 19.8 Å². The van der Waals surface area contributed by atoms with Crippen LogP contribution in [0.4, 0.5) is 11.5 Å². The highest BCUT2D eigenvalue weighted by molar-refractivity contribution is 6.00. The van der Waals surface area contributed by atoms with Gasteiger partial charge in [-0.05, 0) is 62.1 Å². The van der Waals surface area contributed by atoms with E-state index >= 15 is 0 Å². The maximum Gasteiger partial charge on any atom is 0.228 e. The summed E-state index contributed by atoms with van der Waals surface area (Å²) in [5.74, 6) is 1.35. The van der Waals surface area contributed by atoms with E-state index in [1.165, 1.54) is 18.4 Å². The smallest absolute Gasteiger partial charge is 0.228 e. The lowest BCUT2D eigenvalue weighted by atomic mass is 10.1. The average molecular weight is 420 g/mol. The molecular weight excluding hydrogens is 390 g/mol. The van der Waals surface area contributed by atoms with Crippen molar-refractivity contribution in [1.82, 2.24) is 15.1 Å². The molecule has 7 nitrogen and oxygen atoms in total. The average Bonchev–Trinajstić information content (AvgIpc) is 3.57. The van der Waals surface area contributed by atoms with Crippen LogP contribution in [-0.4, -0.2) is 59.6 Å². The molecule has 1 atom stereocenters. The molecule has 3 aliphatic rings. The van der Waals surface area contributed by atoms with E-state index in [9.17, 15) is 9.59 Å². The first-order chi connectivity index (χ1) is 15.0. The first kappa shape index (κ1) is 20.0. The highest BCUT2D eigenvalue weighted by Gasteiger charge is 2.38. The number of amides is 2. The van der Waals surface area contributed by atoms with Crippen molar-refractivity contribution in [3.63, 3.8) is 0 Å². The number of hydrogen-bond acceptors (Lipinski definition) is 5. The summed E-state index contributed by atoms with van der Waals surface area (Å²) in [6.07, 6.45) is 2.74. The van der Waals surface area contributed by atoms with Crippen LogP contribution < -0.4 is 9.80 Å². The Morgan fingerprint density at radius 1 is 0.968 bits per heavy atom. The van der Waals surface area contributed by atoms with Crippen molar-refractivity contribution < 1.29 is 9.59 Å². The van der Waals surface area contributed by atoms with E-state index in [1.807, 2.05) is 30.0 Å². The highest BCUT2D eigenvalue weighted by atomic mass is 16.2. The predicted octanol–water partition coefficient (Wildman–Crippen LogP) is 2.67. The molecule has 31 heavy (non-hydrogen) atoms. The van der Waals surface area contributed by atoms with Gasteiger partial charge in [-0.2, -0.15) is 5.10 Å². The molecule has 0 spiro atoms. The summed E-state index contributed by atoms with van der Waals surface area (Å²) < 4.78 is 0. The van der Waals surface area contributed by atoms with Gasteiger partial charge in [-0.1, -0.05) is 6.07 Å². The fraction of sp³-hybridized carbons (Fsp3) is 0.500. The molecule has 3 fully saturated rings. The lowest BCUT2D eigenvalue weighted by Gasteiger charge is -2.36. The van der Waals surface area contributed by atoms with E-state index in [-0.39, 0.29) is 17.7 Å². The number of piperazine rings is 1. The van der Waals surface area contributed by atoms with Crippen molar-refractivity contribution in [3.8, 4) is 0 Å². The van der Waals surface area contributed by atoms with E-state index in [0.717, 1.165) is 35.9 Å². The Labute approximate surface area is 183 Å². The second kappa shape index (κ2) is 7.94. The number of nitrogens with zero attached hydrogens (tertiary/aromatic N) is 5. The van der Waals surface area contributed by atoms with Gasteiger partial charge in [0.05, 0.1) is 11.6 Å². The Morgan fingerprint density at radius 3 is 2.39 bits per heavy atom. The van der Waals surface area contributed by atoms with Gasteiger partial charge in [-0.3, -0.25) is 9.59 Å². The predicted molar refractivity (Wildman–Crippen MR) is 119 cm³/mol. The Kier molecular flexibility index (Phi) is 5.12. The molecule has 7 heteroatoms. The first-order valence-corrected chi connectivity index (χ1v) is 11.2. The van der Waals surface area contributed by atoms with Gasteiger partial charge in [-0.15, -0.1) is 5.10 Å². The minimum absolute atomic E-state index is 0.0336. The van der Waals surface area contributed by atoms with Crippen molar-refractivity contribution in [2.75, 3.05) is 42.5 Å². The third-order valence-corrected chi connectivity index (χ3v) is 6.86. The van der Waals surface area contributed by atoms with Crippen molar-refractivity contribution in [2.24, 2.45) is 5.92 Å². The Morgan fingerprint density at radius 2 is 1.74 bits per heavy atom. The SMILES string of the molecule is Cc1ccc(N2CC(C(=O)N3CCN(c4ccc(C5CC5)nn4)CC3)CC2=O)cc1C. The zero-order valence-corrected chi connectivity index (χ0v) is 18.3. The van der Waals surface area contributed by atoms with Crippen LogP contribution >= 0.6 is 0 Å². The van der Waals surface area contributed by atoms with E-state index in [0.29, 0.717) is 32.0 Å². The number of carbonyl (C=O) groups is 2. The molecule has 1 unspecified atom stereocenters. The van der Waals surface area contributed by atoms with E-state index in [4.69, 9.17) is 0 Å². The van der Waals surface area contributed by atoms with Crippen LogP contribution in [0.3, 0.4) is 0 Å². The van der Waals surface area contributed by atoms with E-state index in [1.54, 1.807) is 4.90 Å². The van der Waals surface area contributed by atoms with Gasteiger partial charge >= 0.3 is 0 Å². The van der Waals surface area contributed by atoms with Gasteiger partial charge in [0.25, 0.3) is 0 Å². The summed E-state index contributed by atoms with van der Waals surface area (Å²) in [7, 11) is 0. The minimum atomic E-state index is -0.265. The van der Waals surface area contributed by atoms with Crippen LogP contribution in [0.2, 0.25) is 0 Å². The van der Waals surface area contributed by atoms with E-state index < -0.39 is 0 Å². The van der Waals surface area contributed by atoms with Crippen LogP contribution in [-0.2, 0) is 9.59 Å². The van der Waals surface area contributed by atoms with Crippen LogP contribution in [0.1, 0.15) is 42.0 Å². The molecule has 1 aliphatic carbocycles. The number of aryl methyl sites for hydroxylation is 2. The zero-order chi connectivity index (χ0) is 21.5. The minimum Gasteiger partial charge on any atom is -0.352 e. The van der Waals surface area contributed by atoms with Gasteiger partial charge in [0.2, 0.25) is 11.8 Å². The molecule has 1 aromatic carbocycles. The molecule has 0 radical (unpaired) electrons. The molecule has 2 aromatic rings. The molecule has 0 bridgehead atoms. The number of carbonyl (C=O) groups excluding carboxylic acids is 2. The molecular formula is C24H29N5O2. The number of aromatic nitrogens is 2. The lowest BCUT2D eigenvalue weighted by molar-refractivity contribution is -0.136. The number of anilines is 2. The first-order valence-electron chi connectivity index (χ1n) is 11.2. The molecule has 2 saturated heterocycles. The standard InChI is InChI=1S/C24H29N5O2/c1-16-3-6-20(13-17(16)2)29-15-19(14-23(29)30)24(31)28-11-9-27(10-12-28)22-8-7-21(25-26-22)18-4-5-18/h3,6-8,13,18-19H,4-5,9-12,14-15H2,1-2H3. The monoisotopic (exact) mass is 419 g/mol. The summed E-state index contributed by atoms with van der Waals surface area (Å²) in [5, 5.41) is 8.77. The van der Waals surface area contributed by atoms with Gasteiger partial charge < -0.3 is 14.7 Å². The zero-order valence-electron chi connectivity index (χ0n) is 18.3. The summed E-state index contributed by atoms with van der Waals surface area (Å²) in [5.41, 5.74) is 4.34. The molecule has 3 heterocycles. The van der Waals surface area contributed by atoms with Crippen molar-refractivity contribution in [1.29, 1.82) is 0 Å². The van der Waals surface area contributed by atoms with Crippen LogP contribution in [0.25, 0.3) is 0 Å². The molecule has 5 rings (SSSR count). The Balaban J connectivity index is 1.18. The fourth-order valence-electron chi connectivity index (χ4n) is 4.53. The number of benzene rings is 1. The Bertz CT molecular complexity index is 994. The second-order valence-corrected chi connectivity index (χ2v) is 9.08. The summed E-state index contributed by atoms with van der Waals surface area (Å²) in [6.45, 7) is 7.36. The molecule has 2 aliphatic heterocycles. The maximum atomic E-state index is 13.1. The normalized spacial score (nSPS) is 21.7. The van der Waals surface area contributed by atoms with Crippen molar-refractivity contribution >= 4 is 23.3 Å². The second-order valence-electron chi connectivity index (χ2n) is 9.08. The van der Waals surface area contributed by atoms with Gasteiger partial charge in [0, 0.05) is 50.7 Å². The summed E-state index contributed by atoms with van der Waals surface area (Å²) in [4.78, 5) is 31.6. The third kappa shape index (κ3) is 4.01. The van der Waals surface area contributed by atoms with Gasteiger partial charge in [0.15, 0.2) is 5.82 Å². The van der Waals surface area contributed by atoms with E-state index in [2.05, 4.69) is 34.2 Å². The summed E-state index contributed by atoms with van der Waals surface area (Å²) in [6, 6.07) is 10.2. The molecule has 2 amide bonds. The van der Waals surface area contributed by atoms with Gasteiger partial charge in [-0.25, -0.2) is 0 Å². The quantitative estimate of drug-likeness (QED) is 0.762. The number of rotatable bonds is 4. The third-order valence-electron chi connectivity index (χ3n) is 6.86. The molecule has 1 aromatic heterocycles. The fourth-order valence-corrected chi connectivity index (χ4v) is 4.53. The summed E-state index contributed by atoms with van der Waals surface area (Å²) >= 11 is 0. The molecule has 1 saturated carbocycles. The van der Waals surface area contributed by atoms with Crippen molar-refractivity contribution in [2.45, 2.75) is 39.0 Å². The molecule has 162 valence electrons. The van der Waals surface area contributed by atoms with Crippen LogP contribution in [0.15, 0.2) is 30.3 Å². The number of hydrogen-bond donors (Lipinski definition) is 0.